The highest BCUT2D eigenvalue weighted by atomic mass is 14.8. The third-order valence-electron chi connectivity index (χ3n) is 3.25. The molecule has 0 fully saturated rings. The fraction of sp³-hybridized carbons (Fsp3) is 0. The van der Waals surface area contributed by atoms with Crippen LogP contribution in [0.4, 0.5) is 0 Å². The molecule has 0 N–H and O–H groups in total. The molecule has 0 saturated heterocycles. The molecule has 0 saturated carbocycles. The summed E-state index contributed by atoms with van der Waals surface area (Å²) < 4.78 is 0. The second-order valence-corrected chi connectivity index (χ2v) is 4.53. The summed E-state index contributed by atoms with van der Waals surface area (Å²) in [6.45, 7) is 0. The van der Waals surface area contributed by atoms with Gasteiger partial charge in [-0.25, -0.2) is 0 Å². The summed E-state index contributed by atoms with van der Waals surface area (Å²) in [5.41, 5.74) is 5.66. The van der Waals surface area contributed by atoms with E-state index in [0.29, 0.717) is 0 Å². The third kappa shape index (κ3) is 1.78. The van der Waals surface area contributed by atoms with Gasteiger partial charge >= 0.3 is 0 Å². The smallest absolute Gasteiger partial charge is 0.0892 e. The number of fused-ring (bicyclic) bond motifs is 2. The molecule has 94 valence electrons. The van der Waals surface area contributed by atoms with Crippen LogP contribution in [0.25, 0.3) is 33.2 Å². The number of rotatable bonds is 1. The SMILES string of the molecule is c1cnc2cc(-c3ccc4nccnc4c3)cnc2c1. The summed E-state index contributed by atoms with van der Waals surface area (Å²) in [7, 11) is 0. The predicted octanol–water partition coefficient (Wildman–Crippen LogP) is 3.24. The number of nitrogens with zero attached hydrogens (tertiary/aromatic N) is 4. The number of hydrogen-bond donors (Lipinski definition) is 0. The van der Waals surface area contributed by atoms with E-state index < -0.39 is 0 Å². The summed E-state index contributed by atoms with van der Waals surface area (Å²) in [5.74, 6) is 0. The van der Waals surface area contributed by atoms with Gasteiger partial charge in [-0.2, -0.15) is 0 Å². The van der Waals surface area contributed by atoms with E-state index in [9.17, 15) is 0 Å². The molecule has 4 rings (SSSR count). The van der Waals surface area contributed by atoms with E-state index in [1.807, 2.05) is 42.6 Å². The Morgan fingerprint density at radius 2 is 1.25 bits per heavy atom. The summed E-state index contributed by atoms with van der Waals surface area (Å²) >= 11 is 0. The van der Waals surface area contributed by atoms with Crippen LogP contribution in [0.5, 0.6) is 0 Å². The van der Waals surface area contributed by atoms with Gasteiger partial charge < -0.3 is 0 Å². The molecule has 0 radical (unpaired) electrons. The van der Waals surface area contributed by atoms with Crippen molar-refractivity contribution in [3.63, 3.8) is 0 Å². The maximum atomic E-state index is 4.44. The van der Waals surface area contributed by atoms with Gasteiger partial charge in [-0.3, -0.25) is 19.9 Å². The van der Waals surface area contributed by atoms with Gasteiger partial charge in [-0.1, -0.05) is 6.07 Å². The molecular weight excluding hydrogens is 248 g/mol. The van der Waals surface area contributed by atoms with Crippen molar-refractivity contribution in [3.05, 3.63) is 61.2 Å². The Morgan fingerprint density at radius 3 is 2.15 bits per heavy atom. The molecule has 4 heteroatoms. The van der Waals surface area contributed by atoms with Gasteiger partial charge in [0.15, 0.2) is 0 Å². The lowest BCUT2D eigenvalue weighted by Gasteiger charge is -2.04. The van der Waals surface area contributed by atoms with Crippen molar-refractivity contribution in [2.75, 3.05) is 0 Å². The van der Waals surface area contributed by atoms with Crippen LogP contribution < -0.4 is 0 Å². The molecule has 3 aromatic heterocycles. The minimum atomic E-state index is 0.881. The highest BCUT2D eigenvalue weighted by Gasteiger charge is 2.03. The molecule has 4 nitrogen and oxygen atoms in total. The molecule has 0 atom stereocenters. The maximum Gasteiger partial charge on any atom is 0.0892 e. The number of aromatic nitrogens is 4. The molecule has 0 spiro atoms. The fourth-order valence-electron chi connectivity index (χ4n) is 2.25. The van der Waals surface area contributed by atoms with Crippen molar-refractivity contribution in [1.29, 1.82) is 0 Å². The van der Waals surface area contributed by atoms with Crippen LogP contribution in [0.15, 0.2) is 61.2 Å². The van der Waals surface area contributed by atoms with Gasteiger partial charge in [-0.15, -0.1) is 0 Å². The third-order valence-corrected chi connectivity index (χ3v) is 3.25. The fourth-order valence-corrected chi connectivity index (χ4v) is 2.25. The van der Waals surface area contributed by atoms with Crippen molar-refractivity contribution in [1.82, 2.24) is 19.9 Å². The molecule has 1 aromatic carbocycles. The molecular formula is C16H10N4. The van der Waals surface area contributed by atoms with Crippen LogP contribution in [0.1, 0.15) is 0 Å². The maximum absolute atomic E-state index is 4.44. The van der Waals surface area contributed by atoms with Gasteiger partial charge in [0.05, 0.1) is 22.1 Å². The number of pyridine rings is 2. The lowest BCUT2D eigenvalue weighted by atomic mass is 10.1. The summed E-state index contributed by atoms with van der Waals surface area (Å²) in [5, 5.41) is 0. The quantitative estimate of drug-likeness (QED) is 0.526. The van der Waals surface area contributed by atoms with E-state index in [2.05, 4.69) is 19.9 Å². The minimum Gasteiger partial charge on any atom is -0.255 e. The first-order valence-corrected chi connectivity index (χ1v) is 6.32. The van der Waals surface area contributed by atoms with Crippen LogP contribution in [-0.4, -0.2) is 19.9 Å². The van der Waals surface area contributed by atoms with Crippen molar-refractivity contribution in [3.8, 4) is 11.1 Å². The first-order chi connectivity index (χ1) is 9.90. The van der Waals surface area contributed by atoms with E-state index in [0.717, 1.165) is 33.2 Å². The second-order valence-electron chi connectivity index (χ2n) is 4.53. The van der Waals surface area contributed by atoms with Gasteiger partial charge in [0, 0.05) is 30.4 Å². The lowest BCUT2D eigenvalue weighted by Crippen LogP contribution is -1.87. The lowest BCUT2D eigenvalue weighted by molar-refractivity contribution is 1.29. The Labute approximate surface area is 115 Å². The Bertz CT molecular complexity index is 841. The Hall–Kier alpha value is -2.88. The highest BCUT2D eigenvalue weighted by Crippen LogP contribution is 2.24. The average Bonchev–Trinajstić information content (AvgIpc) is 2.54. The standard InChI is InChI=1S/C16H10N4/c1-2-13-16(17-5-1)9-12(10-20-13)11-3-4-14-15(8-11)19-7-6-18-14/h1-10H. The van der Waals surface area contributed by atoms with E-state index in [4.69, 9.17) is 0 Å². The Morgan fingerprint density at radius 1 is 0.550 bits per heavy atom. The normalized spacial score (nSPS) is 11.0. The van der Waals surface area contributed by atoms with Gasteiger partial charge in [0.25, 0.3) is 0 Å². The van der Waals surface area contributed by atoms with Gasteiger partial charge in [-0.05, 0) is 35.9 Å². The van der Waals surface area contributed by atoms with E-state index in [1.54, 1.807) is 18.6 Å². The van der Waals surface area contributed by atoms with Gasteiger partial charge in [0.1, 0.15) is 0 Å². The molecule has 0 amide bonds. The zero-order valence-corrected chi connectivity index (χ0v) is 10.6. The second kappa shape index (κ2) is 4.35. The first-order valence-electron chi connectivity index (χ1n) is 6.32. The minimum absolute atomic E-state index is 0.881. The van der Waals surface area contributed by atoms with E-state index in [-0.39, 0.29) is 0 Å². The van der Waals surface area contributed by atoms with E-state index >= 15 is 0 Å². The first kappa shape index (κ1) is 11.0. The molecule has 0 aliphatic carbocycles. The average molecular weight is 258 g/mol. The van der Waals surface area contributed by atoms with Crippen molar-refractivity contribution >= 4 is 22.1 Å². The van der Waals surface area contributed by atoms with Crippen molar-refractivity contribution in [2.45, 2.75) is 0 Å². The summed E-state index contributed by atoms with van der Waals surface area (Å²) in [4.78, 5) is 17.4. The molecule has 0 aliphatic rings. The molecule has 20 heavy (non-hydrogen) atoms. The van der Waals surface area contributed by atoms with Crippen molar-refractivity contribution in [2.24, 2.45) is 0 Å². The van der Waals surface area contributed by atoms with Crippen LogP contribution in [0.3, 0.4) is 0 Å². The van der Waals surface area contributed by atoms with Crippen molar-refractivity contribution < 1.29 is 0 Å². The molecule has 0 bridgehead atoms. The Kier molecular flexibility index (Phi) is 2.39. The molecule has 0 unspecified atom stereocenters. The largest absolute Gasteiger partial charge is 0.255 e. The van der Waals surface area contributed by atoms with Gasteiger partial charge in [0.2, 0.25) is 0 Å². The van der Waals surface area contributed by atoms with Crippen LogP contribution in [0.2, 0.25) is 0 Å². The highest BCUT2D eigenvalue weighted by molar-refractivity contribution is 5.84. The molecule has 4 aromatic rings. The summed E-state index contributed by atoms with van der Waals surface area (Å²) in [6.07, 6.45) is 7.04. The molecule has 0 aliphatic heterocycles. The van der Waals surface area contributed by atoms with E-state index in [1.165, 1.54) is 0 Å². The Balaban J connectivity index is 1.91. The summed E-state index contributed by atoms with van der Waals surface area (Å²) in [6, 6.07) is 11.9. The monoisotopic (exact) mass is 258 g/mol. The van der Waals surface area contributed by atoms with Crippen LogP contribution in [-0.2, 0) is 0 Å². The number of hydrogen-bond acceptors (Lipinski definition) is 4. The number of benzene rings is 1. The zero-order valence-electron chi connectivity index (χ0n) is 10.6. The van der Waals surface area contributed by atoms with Crippen LogP contribution >= 0.6 is 0 Å². The zero-order chi connectivity index (χ0) is 13.4. The molecule has 3 heterocycles. The predicted molar refractivity (Wildman–Crippen MR) is 78.1 cm³/mol. The topological polar surface area (TPSA) is 51.6 Å². The van der Waals surface area contributed by atoms with Crippen LogP contribution in [0, 0.1) is 0 Å².